The molecule has 1 aromatic rings. The van der Waals surface area contributed by atoms with Gasteiger partial charge in [0, 0.05) is 0 Å². The monoisotopic (exact) mass is 304 g/mol. The van der Waals surface area contributed by atoms with Crippen molar-refractivity contribution in [3.8, 4) is 6.07 Å². The zero-order valence-corrected chi connectivity index (χ0v) is 13.0. The van der Waals surface area contributed by atoms with Crippen LogP contribution in [0.3, 0.4) is 0 Å². The molecule has 0 saturated carbocycles. The molecule has 6 nitrogen and oxygen atoms in total. The van der Waals surface area contributed by atoms with Gasteiger partial charge in [0.2, 0.25) is 0 Å². The van der Waals surface area contributed by atoms with Crippen LogP contribution in [0.4, 0.5) is 4.79 Å². The lowest BCUT2D eigenvalue weighted by Gasteiger charge is -2.23. The molecule has 1 rings (SSSR count). The maximum atomic E-state index is 11.9. The third-order valence-electron chi connectivity index (χ3n) is 2.56. The first-order chi connectivity index (χ1) is 10.3. The number of carbonyl (C=O) groups is 2. The molecular formula is C16H20N2O4. The number of carbonyl (C=O) groups excluding carboxylic acids is 2. The molecule has 0 unspecified atom stereocenters. The van der Waals surface area contributed by atoms with Crippen LogP contribution >= 0.6 is 0 Å². The van der Waals surface area contributed by atoms with Gasteiger partial charge in [-0.15, -0.1) is 0 Å². The van der Waals surface area contributed by atoms with E-state index < -0.39 is 23.7 Å². The number of alkyl carbamates (subject to hydrolysis) is 1. The SMILES string of the molecule is CC(C)(C)OC(=O)N[C@@H](CC(=O)OCC#N)c1ccccc1. The molecule has 0 bridgehead atoms. The van der Waals surface area contributed by atoms with E-state index in [1.54, 1.807) is 51.1 Å². The number of benzene rings is 1. The Morgan fingerprint density at radius 2 is 1.91 bits per heavy atom. The van der Waals surface area contributed by atoms with E-state index in [2.05, 4.69) is 5.32 Å². The summed E-state index contributed by atoms with van der Waals surface area (Å²) in [6.45, 7) is 4.95. The van der Waals surface area contributed by atoms with Gasteiger partial charge in [-0.2, -0.15) is 5.26 Å². The minimum absolute atomic E-state index is 0.0784. The van der Waals surface area contributed by atoms with Crippen molar-refractivity contribution in [2.24, 2.45) is 0 Å². The third kappa shape index (κ3) is 6.75. The first kappa shape index (κ1) is 17.5. The van der Waals surface area contributed by atoms with E-state index in [0.29, 0.717) is 0 Å². The van der Waals surface area contributed by atoms with Crippen LogP contribution in [0.25, 0.3) is 0 Å². The van der Waals surface area contributed by atoms with Gasteiger partial charge < -0.3 is 14.8 Å². The van der Waals surface area contributed by atoms with Gasteiger partial charge in [-0.3, -0.25) is 4.79 Å². The summed E-state index contributed by atoms with van der Waals surface area (Å²) in [6, 6.07) is 10.2. The van der Waals surface area contributed by atoms with Crippen molar-refractivity contribution in [1.29, 1.82) is 5.26 Å². The normalized spacial score (nSPS) is 11.9. The number of amides is 1. The zero-order chi connectivity index (χ0) is 16.6. The molecule has 1 amide bonds. The number of rotatable bonds is 5. The van der Waals surface area contributed by atoms with E-state index in [0.717, 1.165) is 5.56 Å². The maximum Gasteiger partial charge on any atom is 0.408 e. The van der Waals surface area contributed by atoms with Crippen LogP contribution in [0.2, 0.25) is 0 Å². The fourth-order valence-electron chi connectivity index (χ4n) is 1.73. The highest BCUT2D eigenvalue weighted by Crippen LogP contribution is 2.18. The summed E-state index contributed by atoms with van der Waals surface area (Å²) < 4.78 is 9.93. The Hall–Kier alpha value is -2.55. The van der Waals surface area contributed by atoms with Crippen LogP contribution in [0.1, 0.15) is 38.8 Å². The third-order valence-corrected chi connectivity index (χ3v) is 2.56. The van der Waals surface area contributed by atoms with Crippen LogP contribution in [-0.4, -0.2) is 24.3 Å². The van der Waals surface area contributed by atoms with Crippen LogP contribution in [0.15, 0.2) is 30.3 Å². The molecule has 0 aliphatic rings. The van der Waals surface area contributed by atoms with Crippen molar-refractivity contribution >= 4 is 12.1 Å². The predicted octanol–water partition coefficient (Wildman–Crippen LogP) is 2.71. The molecule has 0 aromatic heterocycles. The second-order valence-corrected chi connectivity index (χ2v) is 5.63. The molecule has 0 aliphatic heterocycles. The fraction of sp³-hybridized carbons (Fsp3) is 0.438. The molecule has 0 fully saturated rings. The Labute approximate surface area is 130 Å². The van der Waals surface area contributed by atoms with Gasteiger partial charge in [-0.1, -0.05) is 30.3 Å². The van der Waals surface area contributed by atoms with E-state index in [9.17, 15) is 9.59 Å². The van der Waals surface area contributed by atoms with Gasteiger partial charge in [0.05, 0.1) is 12.5 Å². The Balaban J connectivity index is 2.77. The Kier molecular flexibility index (Phi) is 6.39. The van der Waals surface area contributed by atoms with E-state index in [4.69, 9.17) is 14.7 Å². The van der Waals surface area contributed by atoms with E-state index in [-0.39, 0.29) is 13.0 Å². The molecule has 0 radical (unpaired) electrons. The average molecular weight is 304 g/mol. The number of ether oxygens (including phenoxy) is 2. The molecule has 1 atom stereocenters. The number of nitrogens with one attached hydrogen (secondary N) is 1. The molecule has 1 aromatic carbocycles. The highest BCUT2D eigenvalue weighted by molar-refractivity contribution is 5.73. The Bertz CT molecular complexity index is 544. The number of esters is 1. The molecule has 1 N–H and O–H groups in total. The van der Waals surface area contributed by atoms with Crippen LogP contribution in [-0.2, 0) is 14.3 Å². The summed E-state index contributed by atoms with van der Waals surface area (Å²) in [6.07, 6.45) is -0.695. The molecular weight excluding hydrogens is 284 g/mol. The van der Waals surface area contributed by atoms with Gasteiger partial charge in [0.15, 0.2) is 6.61 Å². The number of nitrogens with zero attached hydrogens (tertiary/aromatic N) is 1. The zero-order valence-electron chi connectivity index (χ0n) is 13.0. The Morgan fingerprint density at radius 1 is 1.27 bits per heavy atom. The van der Waals surface area contributed by atoms with Gasteiger partial charge in [-0.05, 0) is 26.3 Å². The number of nitriles is 1. The minimum Gasteiger partial charge on any atom is -0.450 e. The second-order valence-electron chi connectivity index (χ2n) is 5.63. The van der Waals surface area contributed by atoms with Crippen LogP contribution < -0.4 is 5.32 Å². The van der Waals surface area contributed by atoms with E-state index in [1.807, 2.05) is 6.07 Å². The summed E-state index contributed by atoms with van der Waals surface area (Å²) in [4.78, 5) is 23.6. The second kappa shape index (κ2) is 8.03. The largest absolute Gasteiger partial charge is 0.450 e. The molecule has 22 heavy (non-hydrogen) atoms. The van der Waals surface area contributed by atoms with Crippen LogP contribution in [0.5, 0.6) is 0 Å². The maximum absolute atomic E-state index is 11.9. The summed E-state index contributed by atoms with van der Waals surface area (Å²) in [5.41, 5.74) is 0.120. The minimum atomic E-state index is -0.632. The van der Waals surface area contributed by atoms with Crippen molar-refractivity contribution < 1.29 is 19.1 Å². The molecule has 0 aliphatic carbocycles. The summed E-state index contributed by atoms with van der Waals surface area (Å²) >= 11 is 0. The summed E-state index contributed by atoms with van der Waals surface area (Å²) in [7, 11) is 0. The van der Waals surface area contributed by atoms with Gasteiger partial charge in [-0.25, -0.2) is 4.79 Å². The number of hydrogen-bond acceptors (Lipinski definition) is 5. The lowest BCUT2D eigenvalue weighted by Crippen LogP contribution is -2.36. The van der Waals surface area contributed by atoms with Crippen molar-refractivity contribution in [2.75, 3.05) is 6.61 Å². The lowest BCUT2D eigenvalue weighted by atomic mass is 10.0. The van der Waals surface area contributed by atoms with Crippen molar-refractivity contribution in [3.63, 3.8) is 0 Å². The standard InChI is InChI=1S/C16H20N2O4/c1-16(2,3)22-15(20)18-13(11-14(19)21-10-9-17)12-7-5-4-6-8-12/h4-8,13H,10-11H2,1-3H3,(H,18,20)/t13-/m0/s1. The van der Waals surface area contributed by atoms with Crippen molar-refractivity contribution in [3.05, 3.63) is 35.9 Å². The van der Waals surface area contributed by atoms with Gasteiger partial charge in [0.1, 0.15) is 11.7 Å². The van der Waals surface area contributed by atoms with Crippen LogP contribution in [0, 0.1) is 11.3 Å². The van der Waals surface area contributed by atoms with Crippen molar-refractivity contribution in [1.82, 2.24) is 5.32 Å². The number of hydrogen-bond donors (Lipinski definition) is 1. The topological polar surface area (TPSA) is 88.4 Å². The first-order valence-electron chi connectivity index (χ1n) is 6.89. The molecule has 0 heterocycles. The highest BCUT2D eigenvalue weighted by Gasteiger charge is 2.23. The molecule has 118 valence electrons. The van der Waals surface area contributed by atoms with Gasteiger partial charge in [0.25, 0.3) is 0 Å². The summed E-state index contributed by atoms with van der Waals surface area (Å²) in [5, 5.41) is 11.1. The highest BCUT2D eigenvalue weighted by atomic mass is 16.6. The van der Waals surface area contributed by atoms with Gasteiger partial charge >= 0.3 is 12.1 Å². The van der Waals surface area contributed by atoms with E-state index in [1.165, 1.54) is 0 Å². The fourth-order valence-corrected chi connectivity index (χ4v) is 1.73. The first-order valence-corrected chi connectivity index (χ1v) is 6.89. The molecule has 6 heteroatoms. The smallest absolute Gasteiger partial charge is 0.408 e. The lowest BCUT2D eigenvalue weighted by molar-refractivity contribution is -0.142. The molecule has 0 spiro atoms. The quantitative estimate of drug-likeness (QED) is 0.845. The Morgan fingerprint density at radius 3 is 2.45 bits per heavy atom. The predicted molar refractivity (Wildman–Crippen MR) is 79.7 cm³/mol. The molecule has 0 saturated heterocycles. The van der Waals surface area contributed by atoms with E-state index >= 15 is 0 Å². The summed E-state index contributed by atoms with van der Waals surface area (Å²) in [5.74, 6) is -0.563. The van der Waals surface area contributed by atoms with Crippen molar-refractivity contribution in [2.45, 2.75) is 38.8 Å². The average Bonchev–Trinajstić information content (AvgIpc) is 2.43.